The Morgan fingerprint density at radius 1 is 1.04 bits per heavy atom. The van der Waals surface area contributed by atoms with E-state index in [-0.39, 0.29) is 5.56 Å². The minimum Gasteiger partial charge on any atom is -0.321 e. The number of pyridine rings is 1. The van der Waals surface area contributed by atoms with Crippen LogP contribution in [0.2, 0.25) is 0 Å². The zero-order valence-corrected chi connectivity index (χ0v) is 16.6. The maximum atomic E-state index is 13.1. The first-order valence-corrected chi connectivity index (χ1v) is 11.2. The molecule has 2 heterocycles. The summed E-state index contributed by atoms with van der Waals surface area (Å²) >= 11 is 0. The molecule has 2 aliphatic rings. The van der Waals surface area contributed by atoms with E-state index >= 15 is 0 Å². The largest absolute Gasteiger partial charge is 0.321 e. The number of hydrogen-bond donors (Lipinski definition) is 1. The van der Waals surface area contributed by atoms with Gasteiger partial charge < -0.3 is 4.98 Å². The molecular formula is C22H22N2O3S. The molecule has 0 amide bonds. The summed E-state index contributed by atoms with van der Waals surface area (Å²) in [5.41, 5.74) is 3.64. The number of sulfonamides is 1. The Morgan fingerprint density at radius 2 is 1.75 bits per heavy atom. The lowest BCUT2D eigenvalue weighted by molar-refractivity contribution is 0.288. The van der Waals surface area contributed by atoms with Gasteiger partial charge in [-0.25, -0.2) is 8.42 Å². The van der Waals surface area contributed by atoms with Crippen molar-refractivity contribution < 1.29 is 8.42 Å². The number of benzene rings is 2. The predicted octanol–water partition coefficient (Wildman–Crippen LogP) is 3.52. The van der Waals surface area contributed by atoms with E-state index in [9.17, 15) is 13.2 Å². The second-order valence-electron chi connectivity index (χ2n) is 7.94. The van der Waals surface area contributed by atoms with Gasteiger partial charge in [0.15, 0.2) is 0 Å². The Hall–Kier alpha value is -2.44. The van der Waals surface area contributed by atoms with Crippen molar-refractivity contribution in [3.8, 4) is 11.3 Å². The van der Waals surface area contributed by atoms with E-state index < -0.39 is 10.0 Å². The molecule has 1 N–H and O–H groups in total. The quantitative estimate of drug-likeness (QED) is 0.565. The molecule has 0 bridgehead atoms. The molecule has 6 heteroatoms. The molecule has 3 aromatic rings. The Balaban J connectivity index is 1.57. The van der Waals surface area contributed by atoms with Gasteiger partial charge in [0.25, 0.3) is 5.56 Å². The van der Waals surface area contributed by atoms with E-state index in [4.69, 9.17) is 0 Å². The molecular weight excluding hydrogens is 372 g/mol. The molecule has 0 spiro atoms. The second-order valence-corrected chi connectivity index (χ2v) is 9.87. The zero-order valence-electron chi connectivity index (χ0n) is 15.7. The van der Waals surface area contributed by atoms with E-state index in [0.717, 1.165) is 40.6 Å². The van der Waals surface area contributed by atoms with Crippen LogP contribution in [0.4, 0.5) is 0 Å². The number of hydrogen-bond acceptors (Lipinski definition) is 3. The molecule has 1 aromatic heterocycles. The molecule has 144 valence electrons. The van der Waals surface area contributed by atoms with Crippen molar-refractivity contribution in [2.45, 2.75) is 31.1 Å². The van der Waals surface area contributed by atoms with Gasteiger partial charge in [-0.3, -0.25) is 4.79 Å². The van der Waals surface area contributed by atoms with Gasteiger partial charge in [0.1, 0.15) is 0 Å². The van der Waals surface area contributed by atoms with Crippen molar-refractivity contribution in [3.05, 3.63) is 63.9 Å². The monoisotopic (exact) mass is 394 g/mol. The summed E-state index contributed by atoms with van der Waals surface area (Å²) in [6.07, 6.45) is 2.44. The highest BCUT2D eigenvalue weighted by Crippen LogP contribution is 2.39. The summed E-state index contributed by atoms with van der Waals surface area (Å²) in [7, 11) is -3.48. The highest BCUT2D eigenvalue weighted by molar-refractivity contribution is 7.89. The van der Waals surface area contributed by atoms with Crippen molar-refractivity contribution in [2.75, 3.05) is 13.1 Å². The number of nitrogens with one attached hydrogen (secondary N) is 1. The number of rotatable bonds is 2. The standard InChI is InChI=1S/C22H22N2O3S/c1-14-8-10-24(11-9-14)28(26,27)16-6-7-17-15(12-16)13-20-18-4-2-3-5-19(18)22(25)23-21(17)20/h2-7,12,14H,8-11,13H2,1H3,(H,23,25). The molecule has 5 rings (SSSR count). The number of fused-ring (bicyclic) bond motifs is 5. The normalized spacial score (nSPS) is 17.6. The third kappa shape index (κ3) is 2.63. The molecule has 1 aliphatic heterocycles. The summed E-state index contributed by atoms with van der Waals surface area (Å²) < 4.78 is 27.8. The average molecular weight is 394 g/mol. The highest BCUT2D eigenvalue weighted by Gasteiger charge is 2.30. The summed E-state index contributed by atoms with van der Waals surface area (Å²) in [4.78, 5) is 15.8. The molecule has 1 saturated heterocycles. The van der Waals surface area contributed by atoms with Crippen molar-refractivity contribution in [1.29, 1.82) is 0 Å². The van der Waals surface area contributed by atoms with Crippen LogP contribution < -0.4 is 5.56 Å². The third-order valence-corrected chi connectivity index (χ3v) is 8.03. The Bertz CT molecular complexity index is 1250. The van der Waals surface area contributed by atoms with Crippen LogP contribution in [0.1, 0.15) is 30.9 Å². The first kappa shape index (κ1) is 17.6. The Kier molecular flexibility index (Phi) is 3.96. The molecule has 0 atom stereocenters. The lowest BCUT2D eigenvalue weighted by Crippen LogP contribution is -2.37. The topological polar surface area (TPSA) is 70.2 Å². The summed E-state index contributed by atoms with van der Waals surface area (Å²) in [5, 5.41) is 1.61. The van der Waals surface area contributed by atoms with Gasteiger partial charge in [-0.2, -0.15) is 4.31 Å². The van der Waals surface area contributed by atoms with Crippen LogP contribution in [0.25, 0.3) is 22.0 Å². The van der Waals surface area contributed by atoms with E-state index in [0.29, 0.717) is 35.7 Å². The number of aromatic amines is 1. The Morgan fingerprint density at radius 3 is 2.50 bits per heavy atom. The molecule has 0 radical (unpaired) electrons. The van der Waals surface area contributed by atoms with Crippen molar-refractivity contribution >= 4 is 20.8 Å². The van der Waals surface area contributed by atoms with Gasteiger partial charge in [-0.15, -0.1) is 0 Å². The molecule has 1 fully saturated rings. The van der Waals surface area contributed by atoms with Gasteiger partial charge in [0, 0.05) is 30.5 Å². The van der Waals surface area contributed by atoms with Crippen LogP contribution in [0, 0.1) is 5.92 Å². The van der Waals surface area contributed by atoms with Crippen LogP contribution >= 0.6 is 0 Å². The lowest BCUT2D eigenvalue weighted by Gasteiger charge is -2.29. The molecule has 1 aliphatic carbocycles. The predicted molar refractivity (Wildman–Crippen MR) is 110 cm³/mol. The second kappa shape index (κ2) is 6.29. The summed E-state index contributed by atoms with van der Waals surface area (Å²) in [6, 6.07) is 12.9. The van der Waals surface area contributed by atoms with Crippen LogP contribution in [-0.4, -0.2) is 30.8 Å². The molecule has 0 saturated carbocycles. The van der Waals surface area contributed by atoms with Crippen molar-refractivity contribution in [1.82, 2.24) is 9.29 Å². The number of nitrogens with zero attached hydrogens (tertiary/aromatic N) is 1. The number of aromatic nitrogens is 1. The smallest absolute Gasteiger partial charge is 0.256 e. The number of H-pyrrole nitrogens is 1. The van der Waals surface area contributed by atoms with Crippen LogP contribution in [0.3, 0.4) is 0 Å². The van der Waals surface area contributed by atoms with E-state index in [1.165, 1.54) is 0 Å². The maximum Gasteiger partial charge on any atom is 0.256 e. The third-order valence-electron chi connectivity index (χ3n) is 6.13. The molecule has 2 aromatic carbocycles. The summed E-state index contributed by atoms with van der Waals surface area (Å²) in [5.74, 6) is 0.575. The fraction of sp³-hybridized carbons (Fsp3) is 0.318. The van der Waals surface area contributed by atoms with E-state index in [2.05, 4.69) is 11.9 Å². The van der Waals surface area contributed by atoms with E-state index in [1.807, 2.05) is 30.3 Å². The SMILES string of the molecule is CC1CCN(S(=O)(=O)c2ccc3c(c2)Cc2c-3[nH]c(=O)c3ccccc23)CC1. The minimum absolute atomic E-state index is 0.110. The van der Waals surface area contributed by atoms with Crippen molar-refractivity contribution in [2.24, 2.45) is 5.92 Å². The lowest BCUT2D eigenvalue weighted by atomic mass is 10.0. The fourth-order valence-electron chi connectivity index (χ4n) is 4.43. The molecule has 0 unspecified atom stereocenters. The molecule has 5 nitrogen and oxygen atoms in total. The Labute approximate surface area is 164 Å². The van der Waals surface area contributed by atoms with Crippen LogP contribution in [0.5, 0.6) is 0 Å². The fourth-order valence-corrected chi connectivity index (χ4v) is 5.96. The van der Waals surface area contributed by atoms with Gasteiger partial charge >= 0.3 is 0 Å². The first-order chi connectivity index (χ1) is 13.4. The van der Waals surface area contributed by atoms with Gasteiger partial charge in [0.05, 0.1) is 10.6 Å². The maximum absolute atomic E-state index is 13.1. The first-order valence-electron chi connectivity index (χ1n) is 9.72. The number of piperidine rings is 1. The van der Waals surface area contributed by atoms with Crippen LogP contribution in [0.15, 0.2) is 52.2 Å². The van der Waals surface area contributed by atoms with Gasteiger partial charge in [-0.05, 0) is 53.5 Å². The van der Waals surface area contributed by atoms with Crippen LogP contribution in [-0.2, 0) is 16.4 Å². The zero-order chi connectivity index (χ0) is 19.5. The minimum atomic E-state index is -3.48. The summed E-state index contributed by atoms with van der Waals surface area (Å²) in [6.45, 7) is 3.33. The van der Waals surface area contributed by atoms with E-state index in [1.54, 1.807) is 16.4 Å². The molecule has 28 heavy (non-hydrogen) atoms. The van der Waals surface area contributed by atoms with Crippen molar-refractivity contribution in [3.63, 3.8) is 0 Å². The highest BCUT2D eigenvalue weighted by atomic mass is 32.2. The average Bonchev–Trinajstić information content (AvgIpc) is 3.06. The van der Waals surface area contributed by atoms with Gasteiger partial charge in [0.2, 0.25) is 10.0 Å². The van der Waals surface area contributed by atoms with Gasteiger partial charge in [-0.1, -0.05) is 31.2 Å².